The van der Waals surface area contributed by atoms with Crippen LogP contribution in [0.1, 0.15) is 39.0 Å². The van der Waals surface area contributed by atoms with Gasteiger partial charge in [-0.25, -0.2) is 0 Å². The van der Waals surface area contributed by atoms with Crippen molar-refractivity contribution in [2.75, 3.05) is 13.1 Å². The molecule has 0 bridgehead atoms. The van der Waals surface area contributed by atoms with Gasteiger partial charge in [-0.15, -0.1) is 0 Å². The van der Waals surface area contributed by atoms with E-state index in [0.717, 1.165) is 25.7 Å². The van der Waals surface area contributed by atoms with E-state index in [0.29, 0.717) is 19.5 Å². The Kier molecular flexibility index (Phi) is 4.59. The molecule has 0 aromatic carbocycles. The fraction of sp³-hybridized carbons (Fsp3) is 0.818. The molecule has 1 unspecified atom stereocenters. The fourth-order valence-corrected chi connectivity index (χ4v) is 2.00. The van der Waals surface area contributed by atoms with Gasteiger partial charge in [0.15, 0.2) is 0 Å². The summed E-state index contributed by atoms with van der Waals surface area (Å²) in [5, 5.41) is 8.98. The van der Waals surface area contributed by atoms with Crippen molar-refractivity contribution in [2.24, 2.45) is 5.92 Å². The minimum absolute atomic E-state index is 0.202. The van der Waals surface area contributed by atoms with Gasteiger partial charge in [0.25, 0.3) is 0 Å². The maximum Gasteiger partial charge on any atom is 0.316 e. The van der Waals surface area contributed by atoms with Crippen LogP contribution < -0.4 is 0 Å². The van der Waals surface area contributed by atoms with Crippen molar-refractivity contribution in [1.82, 2.24) is 4.90 Å². The number of carboxylic acids is 1. The van der Waals surface area contributed by atoms with Crippen LogP contribution in [-0.4, -0.2) is 35.0 Å². The number of hydrogen-bond acceptors (Lipinski definition) is 2. The molecule has 4 heteroatoms. The number of carboxylic acid groups (broad SMARTS) is 1. The molecule has 0 radical (unpaired) electrons. The molecule has 15 heavy (non-hydrogen) atoms. The van der Waals surface area contributed by atoms with Crippen LogP contribution in [0, 0.1) is 5.92 Å². The lowest BCUT2D eigenvalue weighted by molar-refractivity contribution is -0.151. The van der Waals surface area contributed by atoms with Gasteiger partial charge in [0.05, 0.1) is 0 Å². The molecule has 1 N–H and O–H groups in total. The largest absolute Gasteiger partial charge is 0.481 e. The molecule has 1 amide bonds. The number of carbonyl (C=O) groups excluding carboxylic acids is 1. The van der Waals surface area contributed by atoms with E-state index in [-0.39, 0.29) is 5.91 Å². The second-order valence-electron chi connectivity index (χ2n) is 4.01. The van der Waals surface area contributed by atoms with Gasteiger partial charge in [-0.2, -0.15) is 0 Å². The van der Waals surface area contributed by atoms with E-state index < -0.39 is 11.9 Å². The zero-order valence-corrected chi connectivity index (χ0v) is 9.24. The molecule has 0 aromatic heterocycles. The maximum atomic E-state index is 11.9. The molecule has 1 atom stereocenters. The van der Waals surface area contributed by atoms with Crippen molar-refractivity contribution in [2.45, 2.75) is 39.0 Å². The lowest BCUT2D eigenvalue weighted by atomic mass is 10.0. The van der Waals surface area contributed by atoms with E-state index in [4.69, 9.17) is 5.11 Å². The van der Waals surface area contributed by atoms with Crippen molar-refractivity contribution >= 4 is 11.9 Å². The third-order valence-electron chi connectivity index (χ3n) is 2.96. The summed E-state index contributed by atoms with van der Waals surface area (Å²) in [5.74, 6) is -1.99. The Morgan fingerprint density at radius 3 is 2.67 bits per heavy atom. The van der Waals surface area contributed by atoms with Crippen LogP contribution in [0.5, 0.6) is 0 Å². The maximum absolute atomic E-state index is 11.9. The second kappa shape index (κ2) is 5.73. The summed E-state index contributed by atoms with van der Waals surface area (Å²) in [6, 6.07) is 0. The quantitative estimate of drug-likeness (QED) is 0.707. The minimum Gasteiger partial charge on any atom is -0.481 e. The van der Waals surface area contributed by atoms with Crippen LogP contribution in [0.3, 0.4) is 0 Å². The third-order valence-corrected chi connectivity index (χ3v) is 2.96. The third kappa shape index (κ3) is 3.22. The predicted octanol–water partition coefficient (Wildman–Crippen LogP) is 1.50. The zero-order chi connectivity index (χ0) is 11.3. The van der Waals surface area contributed by atoms with Gasteiger partial charge < -0.3 is 10.0 Å². The van der Waals surface area contributed by atoms with Crippen LogP contribution in [0.25, 0.3) is 0 Å². The number of carbonyl (C=O) groups is 2. The van der Waals surface area contributed by atoms with Crippen molar-refractivity contribution in [3.05, 3.63) is 0 Å². The first kappa shape index (κ1) is 12.0. The van der Waals surface area contributed by atoms with Gasteiger partial charge in [0.2, 0.25) is 5.91 Å². The Hall–Kier alpha value is -1.06. The first-order valence-electron chi connectivity index (χ1n) is 5.68. The fourth-order valence-electron chi connectivity index (χ4n) is 2.00. The highest BCUT2D eigenvalue weighted by molar-refractivity contribution is 5.96. The highest BCUT2D eigenvalue weighted by Gasteiger charge is 2.29. The van der Waals surface area contributed by atoms with E-state index in [1.807, 2.05) is 6.92 Å². The molecular formula is C11H19NO3. The van der Waals surface area contributed by atoms with Crippen molar-refractivity contribution < 1.29 is 14.7 Å². The van der Waals surface area contributed by atoms with Crippen LogP contribution in [-0.2, 0) is 9.59 Å². The zero-order valence-electron chi connectivity index (χ0n) is 9.24. The normalized spacial score (nSPS) is 24.2. The Balaban J connectivity index is 2.73. The average Bonchev–Trinajstić information content (AvgIpc) is 2.28. The molecule has 4 nitrogen and oxygen atoms in total. The minimum atomic E-state index is -0.972. The monoisotopic (exact) mass is 213 g/mol. The molecule has 1 aliphatic rings. The van der Waals surface area contributed by atoms with Crippen LogP contribution in [0.15, 0.2) is 0 Å². The molecular weight excluding hydrogens is 194 g/mol. The van der Waals surface area contributed by atoms with E-state index in [2.05, 4.69) is 0 Å². The van der Waals surface area contributed by atoms with Crippen LogP contribution in [0.2, 0.25) is 0 Å². The highest BCUT2D eigenvalue weighted by Crippen LogP contribution is 2.17. The van der Waals surface area contributed by atoms with E-state index in [1.165, 1.54) is 0 Å². The second-order valence-corrected chi connectivity index (χ2v) is 4.01. The number of nitrogens with zero attached hydrogens (tertiary/aromatic N) is 1. The summed E-state index contributed by atoms with van der Waals surface area (Å²) in [7, 11) is 0. The standard InChI is InChI=1S/C11H19NO3/c1-2-12-8-6-4-3-5-7-9(10(12)13)11(14)15/h9H,2-8H2,1H3,(H,14,15). The SMILES string of the molecule is CCN1CCCCCCC(C(=O)O)C1=O. The predicted molar refractivity (Wildman–Crippen MR) is 56.5 cm³/mol. The molecule has 86 valence electrons. The number of amides is 1. The van der Waals surface area contributed by atoms with Gasteiger partial charge in [-0.05, 0) is 19.8 Å². The van der Waals surface area contributed by atoms with E-state index >= 15 is 0 Å². The summed E-state index contributed by atoms with van der Waals surface area (Å²) in [6.45, 7) is 3.22. The molecule has 1 aliphatic heterocycles. The molecule has 1 fully saturated rings. The first-order chi connectivity index (χ1) is 7.16. The lowest BCUT2D eigenvalue weighted by Crippen LogP contribution is -2.39. The van der Waals surface area contributed by atoms with Gasteiger partial charge in [-0.3, -0.25) is 9.59 Å². The Morgan fingerprint density at radius 1 is 1.40 bits per heavy atom. The smallest absolute Gasteiger partial charge is 0.316 e. The van der Waals surface area contributed by atoms with Gasteiger partial charge in [0, 0.05) is 13.1 Å². The van der Waals surface area contributed by atoms with Crippen molar-refractivity contribution in [3.63, 3.8) is 0 Å². The Bertz CT molecular complexity index is 240. The van der Waals surface area contributed by atoms with Gasteiger partial charge in [0.1, 0.15) is 5.92 Å². The summed E-state index contributed by atoms with van der Waals surface area (Å²) in [5.41, 5.74) is 0. The summed E-state index contributed by atoms with van der Waals surface area (Å²) in [6.07, 6.45) is 4.46. The summed E-state index contributed by atoms with van der Waals surface area (Å²) in [4.78, 5) is 24.5. The Morgan fingerprint density at radius 2 is 2.07 bits per heavy atom. The molecule has 0 aromatic rings. The summed E-state index contributed by atoms with van der Waals surface area (Å²) < 4.78 is 0. The van der Waals surface area contributed by atoms with E-state index in [9.17, 15) is 9.59 Å². The van der Waals surface area contributed by atoms with Crippen molar-refractivity contribution in [1.29, 1.82) is 0 Å². The Labute approximate surface area is 90.3 Å². The summed E-state index contributed by atoms with van der Waals surface area (Å²) >= 11 is 0. The highest BCUT2D eigenvalue weighted by atomic mass is 16.4. The molecule has 0 spiro atoms. The van der Waals surface area contributed by atoms with Crippen LogP contribution in [0.4, 0.5) is 0 Å². The van der Waals surface area contributed by atoms with Crippen LogP contribution >= 0.6 is 0 Å². The van der Waals surface area contributed by atoms with Crippen molar-refractivity contribution in [3.8, 4) is 0 Å². The van der Waals surface area contributed by atoms with Gasteiger partial charge >= 0.3 is 5.97 Å². The topological polar surface area (TPSA) is 57.6 Å². The molecule has 0 aliphatic carbocycles. The number of rotatable bonds is 2. The molecule has 1 saturated heterocycles. The molecule has 0 saturated carbocycles. The number of aliphatic carboxylic acids is 1. The lowest BCUT2D eigenvalue weighted by Gasteiger charge is -2.23. The average molecular weight is 213 g/mol. The molecule has 1 rings (SSSR count). The first-order valence-corrected chi connectivity index (χ1v) is 5.68. The number of hydrogen-bond donors (Lipinski definition) is 1. The van der Waals surface area contributed by atoms with Gasteiger partial charge in [-0.1, -0.05) is 19.3 Å². The molecule has 1 heterocycles. The van der Waals surface area contributed by atoms with E-state index in [1.54, 1.807) is 4.90 Å².